The van der Waals surface area contributed by atoms with E-state index in [1.54, 1.807) is 24.4 Å². The third kappa shape index (κ3) is 4.83. The highest BCUT2D eigenvalue weighted by Gasteiger charge is 2.24. The van der Waals surface area contributed by atoms with Crippen LogP contribution in [0.15, 0.2) is 63.6 Å². The number of thioether (sulfide) groups is 1. The maximum Gasteiger partial charge on any atom is 0.270 e. The van der Waals surface area contributed by atoms with Crippen molar-refractivity contribution in [3.8, 4) is 0 Å². The molecule has 142 valence electrons. The van der Waals surface area contributed by atoms with E-state index in [0.717, 1.165) is 23.0 Å². The van der Waals surface area contributed by atoms with Crippen molar-refractivity contribution in [1.82, 2.24) is 5.32 Å². The predicted molar refractivity (Wildman–Crippen MR) is 113 cm³/mol. The van der Waals surface area contributed by atoms with Crippen LogP contribution in [0, 0.1) is 10.1 Å². The highest BCUT2D eigenvalue weighted by atomic mass is 32.2. The summed E-state index contributed by atoms with van der Waals surface area (Å²) in [5.74, 6) is -0.319. The molecule has 1 saturated heterocycles. The number of hydrogen-bond donors (Lipinski definition) is 1. The second-order valence-corrected chi connectivity index (χ2v) is 7.08. The van der Waals surface area contributed by atoms with Gasteiger partial charge in [0.25, 0.3) is 11.6 Å². The van der Waals surface area contributed by atoms with Gasteiger partial charge in [-0.3, -0.25) is 20.2 Å². The molecule has 0 aromatic heterocycles. The van der Waals surface area contributed by atoms with Crippen LogP contribution in [-0.4, -0.2) is 36.3 Å². The zero-order valence-electron chi connectivity index (χ0n) is 15.2. The van der Waals surface area contributed by atoms with Crippen molar-refractivity contribution < 1.29 is 9.72 Å². The number of benzene rings is 2. The minimum Gasteiger partial charge on any atom is -0.378 e. The second kappa shape index (κ2) is 8.49. The quantitative estimate of drug-likeness (QED) is 0.362. The molecule has 0 atom stereocenters. The highest BCUT2D eigenvalue weighted by Crippen LogP contribution is 2.27. The van der Waals surface area contributed by atoms with Crippen LogP contribution < -0.4 is 10.2 Å². The molecule has 0 spiro atoms. The number of nitrogens with zero attached hydrogens (tertiary/aromatic N) is 4. The standard InChI is InChI=1S/C19H17N5O3S/c1-23(2)15-8-6-13(7-9-15)12-20-22-19-21-18(25)17(28-19)11-14-4-3-5-16(10-14)24(26)27/h3-12H,1-2H3,(H,21,22,25)/b17-11-,20-12+. The first-order chi connectivity index (χ1) is 13.4. The fourth-order valence-corrected chi connectivity index (χ4v) is 3.14. The van der Waals surface area contributed by atoms with Crippen molar-refractivity contribution in [2.24, 2.45) is 10.2 Å². The normalized spacial score (nSPS) is 16.7. The lowest BCUT2D eigenvalue weighted by Gasteiger charge is -2.11. The zero-order chi connectivity index (χ0) is 20.1. The van der Waals surface area contributed by atoms with Gasteiger partial charge in [-0.25, -0.2) is 0 Å². The topological polar surface area (TPSA) is 100 Å². The molecule has 1 aliphatic rings. The average molecular weight is 395 g/mol. The minimum absolute atomic E-state index is 0.0310. The summed E-state index contributed by atoms with van der Waals surface area (Å²) in [4.78, 5) is 24.8. The Balaban J connectivity index is 1.69. The molecule has 2 aromatic carbocycles. The van der Waals surface area contributed by atoms with E-state index in [2.05, 4.69) is 15.5 Å². The summed E-state index contributed by atoms with van der Waals surface area (Å²) in [6.45, 7) is 0. The van der Waals surface area contributed by atoms with E-state index in [0.29, 0.717) is 15.6 Å². The SMILES string of the molecule is CN(C)c1ccc(/C=N/N=C2\NC(=O)/C(=C/c3cccc([N+](=O)[O-])c3)S2)cc1. The predicted octanol–water partition coefficient (Wildman–Crippen LogP) is 3.25. The van der Waals surface area contributed by atoms with Gasteiger partial charge in [-0.15, -0.1) is 5.10 Å². The van der Waals surface area contributed by atoms with Crippen molar-refractivity contribution >= 4 is 46.5 Å². The largest absolute Gasteiger partial charge is 0.378 e. The van der Waals surface area contributed by atoms with Crippen LogP contribution >= 0.6 is 11.8 Å². The summed E-state index contributed by atoms with van der Waals surface area (Å²) in [6.07, 6.45) is 3.18. The van der Waals surface area contributed by atoms with Gasteiger partial charge in [0.1, 0.15) is 0 Å². The molecule has 3 rings (SSSR count). The number of carbonyl (C=O) groups excluding carboxylic acids is 1. The Morgan fingerprint density at radius 3 is 2.57 bits per heavy atom. The Hall–Kier alpha value is -3.46. The number of anilines is 1. The Morgan fingerprint density at radius 2 is 1.89 bits per heavy atom. The van der Waals surface area contributed by atoms with E-state index in [1.165, 1.54) is 12.1 Å². The second-order valence-electron chi connectivity index (χ2n) is 6.05. The average Bonchev–Trinajstić information content (AvgIpc) is 3.01. The number of amides is 1. The number of nitrogens with one attached hydrogen (secondary N) is 1. The smallest absolute Gasteiger partial charge is 0.270 e. The number of nitro groups is 1. The van der Waals surface area contributed by atoms with Gasteiger partial charge in [-0.05, 0) is 41.1 Å². The molecule has 0 radical (unpaired) electrons. The van der Waals surface area contributed by atoms with Crippen molar-refractivity contribution in [3.63, 3.8) is 0 Å². The molecule has 1 aliphatic heterocycles. The molecule has 1 amide bonds. The van der Waals surface area contributed by atoms with Crippen molar-refractivity contribution in [2.45, 2.75) is 0 Å². The highest BCUT2D eigenvalue weighted by molar-refractivity contribution is 8.18. The summed E-state index contributed by atoms with van der Waals surface area (Å²) in [7, 11) is 3.93. The van der Waals surface area contributed by atoms with Crippen LogP contribution in [0.2, 0.25) is 0 Å². The lowest BCUT2D eigenvalue weighted by molar-refractivity contribution is -0.384. The lowest BCUT2D eigenvalue weighted by Crippen LogP contribution is -2.19. The van der Waals surface area contributed by atoms with Gasteiger partial charge >= 0.3 is 0 Å². The van der Waals surface area contributed by atoms with Gasteiger partial charge in [0.05, 0.1) is 16.0 Å². The van der Waals surface area contributed by atoms with E-state index < -0.39 is 4.92 Å². The van der Waals surface area contributed by atoms with Gasteiger partial charge in [0.15, 0.2) is 5.17 Å². The minimum atomic E-state index is -0.476. The van der Waals surface area contributed by atoms with E-state index >= 15 is 0 Å². The van der Waals surface area contributed by atoms with Crippen LogP contribution in [0.5, 0.6) is 0 Å². The zero-order valence-corrected chi connectivity index (χ0v) is 16.0. The Labute approximate surface area is 165 Å². The first-order valence-corrected chi connectivity index (χ1v) is 9.08. The molecule has 0 bridgehead atoms. The van der Waals surface area contributed by atoms with Crippen molar-refractivity contribution in [3.05, 3.63) is 74.7 Å². The molecule has 0 aliphatic carbocycles. The maximum absolute atomic E-state index is 12.1. The Morgan fingerprint density at radius 1 is 1.14 bits per heavy atom. The molecule has 1 fully saturated rings. The number of rotatable bonds is 5. The molecule has 0 unspecified atom stereocenters. The van der Waals surface area contributed by atoms with Crippen LogP contribution in [0.3, 0.4) is 0 Å². The maximum atomic E-state index is 12.1. The molecular weight excluding hydrogens is 378 g/mol. The van der Waals surface area contributed by atoms with E-state index in [-0.39, 0.29) is 11.6 Å². The summed E-state index contributed by atoms with van der Waals surface area (Å²) in [6, 6.07) is 13.9. The van der Waals surface area contributed by atoms with Crippen molar-refractivity contribution in [1.29, 1.82) is 0 Å². The van der Waals surface area contributed by atoms with Gasteiger partial charge < -0.3 is 4.90 Å². The van der Waals surface area contributed by atoms with Gasteiger partial charge in [-0.2, -0.15) is 5.10 Å². The molecule has 28 heavy (non-hydrogen) atoms. The van der Waals surface area contributed by atoms with Crippen LogP contribution in [0.25, 0.3) is 6.08 Å². The Kier molecular flexibility index (Phi) is 5.85. The number of nitro benzene ring substituents is 1. The number of amidine groups is 1. The number of non-ortho nitro benzene ring substituents is 1. The number of hydrogen-bond acceptors (Lipinski definition) is 7. The van der Waals surface area contributed by atoms with Gasteiger partial charge in [0.2, 0.25) is 0 Å². The van der Waals surface area contributed by atoms with Crippen molar-refractivity contribution in [2.75, 3.05) is 19.0 Å². The summed E-state index contributed by atoms with van der Waals surface area (Å²) >= 11 is 1.13. The van der Waals surface area contributed by atoms with E-state index in [9.17, 15) is 14.9 Å². The van der Waals surface area contributed by atoms with Gasteiger partial charge in [-0.1, -0.05) is 24.3 Å². The van der Waals surface area contributed by atoms with Gasteiger partial charge in [0, 0.05) is 31.9 Å². The lowest BCUT2D eigenvalue weighted by atomic mass is 10.2. The van der Waals surface area contributed by atoms with E-state index in [1.807, 2.05) is 43.3 Å². The van der Waals surface area contributed by atoms with E-state index in [4.69, 9.17) is 0 Å². The van der Waals surface area contributed by atoms with Crippen LogP contribution in [0.4, 0.5) is 11.4 Å². The fraction of sp³-hybridized carbons (Fsp3) is 0.105. The Bertz CT molecular complexity index is 997. The summed E-state index contributed by atoms with van der Waals surface area (Å²) < 4.78 is 0. The third-order valence-electron chi connectivity index (χ3n) is 3.79. The number of carbonyl (C=O) groups is 1. The fourth-order valence-electron chi connectivity index (χ4n) is 2.36. The monoisotopic (exact) mass is 395 g/mol. The summed E-state index contributed by atoms with van der Waals surface area (Å²) in [5.41, 5.74) is 2.50. The van der Waals surface area contributed by atoms with Crippen LogP contribution in [-0.2, 0) is 4.79 Å². The molecule has 0 saturated carbocycles. The third-order valence-corrected chi connectivity index (χ3v) is 4.69. The first-order valence-electron chi connectivity index (χ1n) is 8.26. The summed E-state index contributed by atoms with van der Waals surface area (Å²) in [5, 5.41) is 21.9. The first kappa shape index (κ1) is 19.3. The molecule has 1 heterocycles. The molecule has 8 nitrogen and oxygen atoms in total. The molecule has 9 heteroatoms. The molecule has 2 aromatic rings. The molecule has 1 N–H and O–H groups in total. The molecular formula is C19H17N5O3S. The van der Waals surface area contributed by atoms with Crippen LogP contribution in [0.1, 0.15) is 11.1 Å².